The predicted molar refractivity (Wildman–Crippen MR) is 86.2 cm³/mol. The second-order valence-corrected chi connectivity index (χ2v) is 7.71. The minimum atomic E-state index is -0.372. The third-order valence-corrected chi connectivity index (χ3v) is 4.52. The summed E-state index contributed by atoms with van der Waals surface area (Å²) in [6, 6.07) is 0.0613. The first-order valence-corrected chi connectivity index (χ1v) is 8.28. The molecule has 1 unspecified atom stereocenters. The van der Waals surface area contributed by atoms with Gasteiger partial charge in [0, 0.05) is 25.0 Å². The van der Waals surface area contributed by atoms with Crippen molar-refractivity contribution in [1.82, 2.24) is 15.5 Å². The Labute approximate surface area is 133 Å². The minimum absolute atomic E-state index is 0.000324. The lowest BCUT2D eigenvalue weighted by molar-refractivity contribution is -0.133. The number of hydrogen-bond acceptors (Lipinski definition) is 4. The lowest BCUT2D eigenvalue weighted by Crippen LogP contribution is -2.59. The van der Waals surface area contributed by atoms with Gasteiger partial charge in [0.2, 0.25) is 11.8 Å². The molecule has 0 spiro atoms. The Kier molecular flexibility index (Phi) is 5.12. The van der Waals surface area contributed by atoms with Crippen molar-refractivity contribution in [3.05, 3.63) is 0 Å². The van der Waals surface area contributed by atoms with Crippen LogP contribution in [-0.2, 0) is 9.59 Å². The van der Waals surface area contributed by atoms with Crippen LogP contribution in [0.4, 0.5) is 0 Å². The number of likely N-dealkylation sites (tertiary alicyclic amines) is 1. The molecule has 0 aromatic rings. The first-order chi connectivity index (χ1) is 10.2. The number of nitrogens with one attached hydrogen (secondary N) is 2. The molecule has 0 aromatic carbocycles. The van der Waals surface area contributed by atoms with Crippen LogP contribution in [0, 0.1) is 0 Å². The zero-order valence-corrected chi connectivity index (χ0v) is 14.2. The molecule has 1 aliphatic carbocycles. The third kappa shape index (κ3) is 4.20. The highest BCUT2D eigenvalue weighted by molar-refractivity contribution is 5.84. The van der Waals surface area contributed by atoms with Crippen LogP contribution in [0.3, 0.4) is 0 Å². The zero-order chi connectivity index (χ0) is 16.5. The lowest BCUT2D eigenvalue weighted by Gasteiger charge is -2.43. The Morgan fingerprint density at radius 1 is 1.27 bits per heavy atom. The molecule has 0 aromatic heterocycles. The summed E-state index contributed by atoms with van der Waals surface area (Å²) in [6.45, 7) is 8.69. The Hall–Kier alpha value is -1.14. The fourth-order valence-electron chi connectivity index (χ4n) is 3.74. The molecule has 2 aliphatic rings. The Bertz CT molecular complexity index is 432. The predicted octanol–water partition coefficient (Wildman–Crippen LogP) is 0.360. The Balaban J connectivity index is 2.07. The van der Waals surface area contributed by atoms with Gasteiger partial charge in [0.15, 0.2) is 0 Å². The molecule has 1 aliphatic heterocycles. The second-order valence-electron chi connectivity index (χ2n) is 7.71. The van der Waals surface area contributed by atoms with E-state index < -0.39 is 0 Å². The molecular formula is C16H30N4O2. The molecule has 4 atom stereocenters. The Morgan fingerprint density at radius 3 is 2.45 bits per heavy atom. The molecule has 0 radical (unpaired) electrons. The molecule has 1 saturated heterocycles. The number of hydrogen-bond donors (Lipinski definition) is 3. The number of amides is 2. The van der Waals surface area contributed by atoms with Crippen molar-refractivity contribution in [2.24, 2.45) is 5.73 Å². The van der Waals surface area contributed by atoms with Crippen LogP contribution in [0.15, 0.2) is 0 Å². The molecule has 1 saturated carbocycles. The van der Waals surface area contributed by atoms with E-state index in [9.17, 15) is 9.59 Å². The van der Waals surface area contributed by atoms with Gasteiger partial charge >= 0.3 is 0 Å². The Morgan fingerprint density at radius 2 is 1.95 bits per heavy atom. The van der Waals surface area contributed by atoms with Crippen LogP contribution in [0.2, 0.25) is 0 Å². The van der Waals surface area contributed by atoms with Crippen LogP contribution in [-0.4, -0.2) is 53.0 Å². The molecule has 2 amide bonds. The number of carbonyl (C=O) groups is 2. The standard InChI is InChI=1S/C16H30N4O2/c1-10(21)18-13-9-11(19-16(2,3)4)5-6-14(13)20-8-7-12(17)15(20)22/h11-14,19H,5-9,17H2,1-4H3,(H,18,21)/t11-,12?,13-,14+/m1/s1. The monoisotopic (exact) mass is 310 g/mol. The summed E-state index contributed by atoms with van der Waals surface area (Å²) in [6.07, 6.45) is 3.47. The summed E-state index contributed by atoms with van der Waals surface area (Å²) in [5.41, 5.74) is 5.89. The van der Waals surface area contributed by atoms with E-state index >= 15 is 0 Å². The van der Waals surface area contributed by atoms with Crippen molar-refractivity contribution >= 4 is 11.8 Å². The van der Waals surface area contributed by atoms with E-state index in [0.717, 1.165) is 19.3 Å². The zero-order valence-electron chi connectivity index (χ0n) is 14.2. The summed E-state index contributed by atoms with van der Waals surface area (Å²) in [7, 11) is 0. The van der Waals surface area contributed by atoms with E-state index in [1.165, 1.54) is 6.92 Å². The molecule has 2 fully saturated rings. The maximum Gasteiger partial charge on any atom is 0.239 e. The number of rotatable bonds is 3. The number of nitrogens with zero attached hydrogens (tertiary/aromatic N) is 1. The summed E-state index contributed by atoms with van der Waals surface area (Å²) in [5.74, 6) is -0.00932. The van der Waals surface area contributed by atoms with Crippen LogP contribution >= 0.6 is 0 Å². The maximum atomic E-state index is 12.2. The van der Waals surface area contributed by atoms with Crippen LogP contribution in [0.25, 0.3) is 0 Å². The lowest BCUT2D eigenvalue weighted by atomic mass is 9.84. The maximum absolute atomic E-state index is 12.2. The molecule has 4 N–H and O–H groups in total. The average Bonchev–Trinajstić information content (AvgIpc) is 2.68. The van der Waals surface area contributed by atoms with E-state index in [1.807, 2.05) is 4.90 Å². The molecule has 2 rings (SSSR count). The van der Waals surface area contributed by atoms with Crippen molar-refractivity contribution in [2.75, 3.05) is 6.54 Å². The first kappa shape index (κ1) is 17.2. The van der Waals surface area contributed by atoms with Crippen molar-refractivity contribution in [3.63, 3.8) is 0 Å². The average molecular weight is 310 g/mol. The summed E-state index contributed by atoms with van der Waals surface area (Å²) >= 11 is 0. The van der Waals surface area contributed by atoms with Crippen molar-refractivity contribution in [3.8, 4) is 0 Å². The van der Waals surface area contributed by atoms with Gasteiger partial charge in [0.1, 0.15) is 0 Å². The number of nitrogens with two attached hydrogens (primary N) is 1. The van der Waals surface area contributed by atoms with Gasteiger partial charge in [0.25, 0.3) is 0 Å². The highest BCUT2D eigenvalue weighted by Gasteiger charge is 2.41. The largest absolute Gasteiger partial charge is 0.351 e. The minimum Gasteiger partial charge on any atom is -0.351 e. The van der Waals surface area contributed by atoms with E-state index in [4.69, 9.17) is 5.73 Å². The molecule has 1 heterocycles. The van der Waals surface area contributed by atoms with E-state index in [0.29, 0.717) is 19.0 Å². The SMILES string of the molecule is CC(=O)N[C@@H]1C[C@H](NC(C)(C)C)CC[C@@H]1N1CCC(N)C1=O. The highest BCUT2D eigenvalue weighted by Crippen LogP contribution is 2.28. The molecule has 22 heavy (non-hydrogen) atoms. The smallest absolute Gasteiger partial charge is 0.239 e. The molecular weight excluding hydrogens is 280 g/mol. The molecule has 6 nitrogen and oxygen atoms in total. The van der Waals surface area contributed by atoms with Crippen molar-refractivity contribution in [2.45, 2.75) is 83.1 Å². The van der Waals surface area contributed by atoms with Crippen molar-refractivity contribution in [1.29, 1.82) is 0 Å². The molecule has 126 valence electrons. The van der Waals surface area contributed by atoms with Crippen LogP contribution in [0.5, 0.6) is 0 Å². The van der Waals surface area contributed by atoms with E-state index in [2.05, 4.69) is 31.4 Å². The van der Waals surface area contributed by atoms with Gasteiger partial charge in [-0.3, -0.25) is 9.59 Å². The van der Waals surface area contributed by atoms with E-state index in [-0.39, 0.29) is 35.5 Å². The molecule has 0 bridgehead atoms. The van der Waals surface area contributed by atoms with Crippen LogP contribution < -0.4 is 16.4 Å². The van der Waals surface area contributed by atoms with E-state index in [1.54, 1.807) is 0 Å². The normalized spacial score (nSPS) is 33.1. The van der Waals surface area contributed by atoms with Gasteiger partial charge in [-0.25, -0.2) is 0 Å². The van der Waals surface area contributed by atoms with Crippen LogP contribution in [0.1, 0.15) is 53.4 Å². The van der Waals surface area contributed by atoms with Gasteiger partial charge in [-0.2, -0.15) is 0 Å². The summed E-state index contributed by atoms with van der Waals surface area (Å²) < 4.78 is 0. The topological polar surface area (TPSA) is 87.5 Å². The molecule has 6 heteroatoms. The fourth-order valence-corrected chi connectivity index (χ4v) is 3.74. The fraction of sp³-hybridized carbons (Fsp3) is 0.875. The second kappa shape index (κ2) is 6.54. The summed E-state index contributed by atoms with van der Waals surface area (Å²) in [5, 5.41) is 6.66. The van der Waals surface area contributed by atoms with Gasteiger partial charge in [-0.15, -0.1) is 0 Å². The first-order valence-electron chi connectivity index (χ1n) is 8.28. The van der Waals surface area contributed by atoms with Gasteiger partial charge in [-0.1, -0.05) is 0 Å². The summed E-state index contributed by atoms with van der Waals surface area (Å²) in [4.78, 5) is 25.7. The number of carbonyl (C=O) groups excluding carboxylic acids is 2. The quantitative estimate of drug-likeness (QED) is 0.702. The van der Waals surface area contributed by atoms with Gasteiger partial charge in [0.05, 0.1) is 18.1 Å². The van der Waals surface area contributed by atoms with Gasteiger partial charge in [-0.05, 0) is 46.5 Å². The third-order valence-electron chi connectivity index (χ3n) is 4.52. The van der Waals surface area contributed by atoms with Crippen molar-refractivity contribution < 1.29 is 9.59 Å². The highest BCUT2D eigenvalue weighted by atomic mass is 16.2. The van der Waals surface area contributed by atoms with Gasteiger partial charge < -0.3 is 21.3 Å².